The molecule has 1 heterocycles. The number of hydrogen-bond donors (Lipinski definition) is 1. The maximum Gasteiger partial charge on any atom is 0.223 e. The Morgan fingerprint density at radius 2 is 2.09 bits per heavy atom. The normalized spacial score (nSPS) is 23.2. The Labute approximate surface area is 132 Å². The first-order valence-corrected chi connectivity index (χ1v) is 9.23. The molecule has 6 heteroatoms. The number of carbonyl (C=O) groups is 1. The van der Waals surface area contributed by atoms with Gasteiger partial charge in [0.25, 0.3) is 0 Å². The van der Waals surface area contributed by atoms with Gasteiger partial charge in [-0.15, -0.1) is 0 Å². The summed E-state index contributed by atoms with van der Waals surface area (Å²) in [6.07, 6.45) is 0.682. The molecular weight excluding hydrogens is 302 g/mol. The van der Waals surface area contributed by atoms with Crippen molar-refractivity contribution in [3.63, 3.8) is 0 Å². The number of rotatable bonds is 5. The van der Waals surface area contributed by atoms with E-state index in [9.17, 15) is 13.2 Å². The van der Waals surface area contributed by atoms with Crippen LogP contribution in [0.1, 0.15) is 30.9 Å². The molecule has 0 aliphatic carbocycles. The molecule has 1 aliphatic heterocycles. The Morgan fingerprint density at radius 3 is 2.68 bits per heavy atom. The van der Waals surface area contributed by atoms with E-state index < -0.39 is 15.4 Å². The smallest absolute Gasteiger partial charge is 0.223 e. The van der Waals surface area contributed by atoms with Crippen molar-refractivity contribution in [2.24, 2.45) is 0 Å². The van der Waals surface area contributed by atoms with Gasteiger partial charge in [0.05, 0.1) is 30.1 Å². The van der Waals surface area contributed by atoms with E-state index in [1.54, 1.807) is 6.92 Å². The zero-order valence-electron chi connectivity index (χ0n) is 13.3. The number of ether oxygens (including phenoxy) is 1. The second kappa shape index (κ2) is 6.28. The predicted octanol–water partition coefficient (Wildman–Crippen LogP) is 1.77. The molecule has 1 N–H and O–H groups in total. The number of sulfone groups is 1. The minimum atomic E-state index is -3.02. The van der Waals surface area contributed by atoms with Gasteiger partial charge in [-0.3, -0.25) is 4.79 Å². The first-order valence-electron chi connectivity index (χ1n) is 7.41. The van der Waals surface area contributed by atoms with Crippen LogP contribution in [0.5, 0.6) is 5.75 Å². The van der Waals surface area contributed by atoms with E-state index in [-0.39, 0.29) is 30.4 Å². The molecule has 0 aromatic heterocycles. The average molecular weight is 325 g/mol. The average Bonchev–Trinajstić information content (AvgIpc) is 2.66. The largest absolute Gasteiger partial charge is 0.493 e. The van der Waals surface area contributed by atoms with E-state index in [1.165, 1.54) is 0 Å². The van der Waals surface area contributed by atoms with Gasteiger partial charge in [-0.25, -0.2) is 8.42 Å². The molecule has 2 rings (SSSR count). The van der Waals surface area contributed by atoms with Crippen molar-refractivity contribution < 1.29 is 17.9 Å². The van der Waals surface area contributed by atoms with Crippen molar-refractivity contribution >= 4 is 15.7 Å². The summed E-state index contributed by atoms with van der Waals surface area (Å²) in [5, 5.41) is 2.82. The predicted molar refractivity (Wildman–Crippen MR) is 85.8 cm³/mol. The molecule has 1 saturated heterocycles. The van der Waals surface area contributed by atoms with Crippen LogP contribution in [0.25, 0.3) is 0 Å². The summed E-state index contributed by atoms with van der Waals surface area (Å²) < 4.78 is 28.7. The van der Waals surface area contributed by atoms with Crippen LogP contribution < -0.4 is 10.1 Å². The minimum Gasteiger partial charge on any atom is -0.493 e. The maximum atomic E-state index is 12.0. The van der Waals surface area contributed by atoms with Crippen LogP contribution in [-0.2, 0) is 14.6 Å². The van der Waals surface area contributed by atoms with Crippen LogP contribution in [0.2, 0.25) is 0 Å². The number of carbonyl (C=O) groups excluding carboxylic acids is 1. The number of benzene rings is 1. The molecule has 1 aromatic rings. The molecule has 1 fully saturated rings. The number of amides is 1. The standard InChI is InChI=1S/C16H23NO4S/c1-12-4-5-14(13(2)10-12)21-8-6-15(18)17-16(3)7-9-22(19,20)11-16/h4-5,10H,6-9,11H2,1-3H3,(H,17,18). The maximum absolute atomic E-state index is 12.0. The fourth-order valence-corrected chi connectivity index (χ4v) is 4.82. The van der Waals surface area contributed by atoms with Gasteiger partial charge in [0.1, 0.15) is 5.75 Å². The fourth-order valence-electron chi connectivity index (χ4n) is 2.72. The summed E-state index contributed by atoms with van der Waals surface area (Å²) in [7, 11) is -3.02. The lowest BCUT2D eigenvalue weighted by Gasteiger charge is -2.23. The Hall–Kier alpha value is -1.56. The molecule has 0 saturated carbocycles. The zero-order chi connectivity index (χ0) is 16.4. The topological polar surface area (TPSA) is 72.5 Å². The van der Waals surface area contributed by atoms with Crippen molar-refractivity contribution in [1.29, 1.82) is 0 Å². The molecule has 1 amide bonds. The monoisotopic (exact) mass is 325 g/mol. The van der Waals surface area contributed by atoms with E-state index in [1.807, 2.05) is 32.0 Å². The van der Waals surface area contributed by atoms with Crippen molar-refractivity contribution in [3.05, 3.63) is 29.3 Å². The number of nitrogens with one attached hydrogen (secondary N) is 1. The number of aryl methyl sites for hydroxylation is 2. The molecule has 22 heavy (non-hydrogen) atoms. The summed E-state index contributed by atoms with van der Waals surface area (Å²) in [6.45, 7) is 6.03. The highest BCUT2D eigenvalue weighted by Gasteiger charge is 2.39. The van der Waals surface area contributed by atoms with E-state index in [2.05, 4.69) is 5.32 Å². The highest BCUT2D eigenvalue weighted by atomic mass is 32.2. The minimum absolute atomic E-state index is 0.0175. The van der Waals surface area contributed by atoms with Gasteiger partial charge in [-0.2, -0.15) is 0 Å². The Balaban J connectivity index is 1.81. The first-order chi connectivity index (χ1) is 10.2. The third-order valence-electron chi connectivity index (χ3n) is 3.86. The lowest BCUT2D eigenvalue weighted by Crippen LogP contribution is -2.47. The van der Waals surface area contributed by atoms with Gasteiger partial charge >= 0.3 is 0 Å². The molecule has 1 aromatic carbocycles. The van der Waals surface area contributed by atoms with Gasteiger partial charge < -0.3 is 10.1 Å². The van der Waals surface area contributed by atoms with Gasteiger partial charge in [-0.05, 0) is 38.8 Å². The summed E-state index contributed by atoms with van der Waals surface area (Å²) in [4.78, 5) is 12.0. The van der Waals surface area contributed by atoms with Crippen LogP contribution in [0, 0.1) is 13.8 Å². The third-order valence-corrected chi connectivity index (χ3v) is 5.76. The van der Waals surface area contributed by atoms with E-state index in [0.717, 1.165) is 16.9 Å². The van der Waals surface area contributed by atoms with E-state index >= 15 is 0 Å². The van der Waals surface area contributed by atoms with Gasteiger partial charge in [-0.1, -0.05) is 17.7 Å². The lowest BCUT2D eigenvalue weighted by molar-refractivity contribution is -0.123. The lowest BCUT2D eigenvalue weighted by atomic mass is 10.0. The van der Waals surface area contributed by atoms with Crippen molar-refractivity contribution in [2.75, 3.05) is 18.1 Å². The van der Waals surface area contributed by atoms with Crippen LogP contribution in [0.3, 0.4) is 0 Å². The quantitative estimate of drug-likeness (QED) is 0.895. The number of hydrogen-bond acceptors (Lipinski definition) is 4. The molecule has 0 radical (unpaired) electrons. The van der Waals surface area contributed by atoms with Crippen molar-refractivity contribution in [3.8, 4) is 5.75 Å². The molecule has 1 atom stereocenters. The summed E-state index contributed by atoms with van der Waals surface area (Å²) >= 11 is 0. The second-order valence-electron chi connectivity index (χ2n) is 6.32. The van der Waals surface area contributed by atoms with Gasteiger partial charge in [0, 0.05) is 0 Å². The summed E-state index contributed by atoms with van der Waals surface area (Å²) in [5.41, 5.74) is 1.56. The molecule has 1 unspecified atom stereocenters. The fraction of sp³-hybridized carbons (Fsp3) is 0.562. The van der Waals surface area contributed by atoms with E-state index in [4.69, 9.17) is 4.74 Å². The Morgan fingerprint density at radius 1 is 1.36 bits per heavy atom. The zero-order valence-corrected chi connectivity index (χ0v) is 14.1. The Kier molecular flexibility index (Phi) is 4.80. The Bertz CT molecular complexity index is 669. The molecule has 0 spiro atoms. The SMILES string of the molecule is Cc1ccc(OCCC(=O)NC2(C)CCS(=O)(=O)C2)c(C)c1. The summed E-state index contributed by atoms with van der Waals surface area (Å²) in [5.74, 6) is 0.754. The van der Waals surface area contributed by atoms with Crippen LogP contribution in [0.4, 0.5) is 0 Å². The second-order valence-corrected chi connectivity index (χ2v) is 8.50. The third kappa shape index (κ3) is 4.47. The molecule has 1 aliphatic rings. The molecule has 122 valence electrons. The molecule has 5 nitrogen and oxygen atoms in total. The van der Waals surface area contributed by atoms with Gasteiger partial charge in [0.2, 0.25) is 5.91 Å². The van der Waals surface area contributed by atoms with Crippen LogP contribution >= 0.6 is 0 Å². The highest BCUT2D eigenvalue weighted by molar-refractivity contribution is 7.91. The first kappa shape index (κ1) is 16.8. The summed E-state index contributed by atoms with van der Waals surface area (Å²) in [6, 6.07) is 5.89. The van der Waals surface area contributed by atoms with Crippen molar-refractivity contribution in [1.82, 2.24) is 5.32 Å². The van der Waals surface area contributed by atoms with Crippen molar-refractivity contribution in [2.45, 2.75) is 39.2 Å². The molecular formula is C16H23NO4S. The molecule has 0 bridgehead atoms. The van der Waals surface area contributed by atoms with Crippen LogP contribution in [0.15, 0.2) is 18.2 Å². The van der Waals surface area contributed by atoms with E-state index in [0.29, 0.717) is 6.42 Å². The highest BCUT2D eigenvalue weighted by Crippen LogP contribution is 2.23. The van der Waals surface area contributed by atoms with Gasteiger partial charge in [0.15, 0.2) is 9.84 Å². The van der Waals surface area contributed by atoms with Crippen LogP contribution in [-0.4, -0.2) is 38.0 Å².